The molecule has 0 spiro atoms. The molecule has 0 saturated carbocycles. The fourth-order valence-corrected chi connectivity index (χ4v) is 3.15. The summed E-state index contributed by atoms with van der Waals surface area (Å²) < 4.78 is 11.4. The van der Waals surface area contributed by atoms with Gasteiger partial charge in [-0.1, -0.05) is 30.3 Å². The van der Waals surface area contributed by atoms with E-state index in [0.29, 0.717) is 26.9 Å². The number of rotatable bonds is 8. The lowest BCUT2D eigenvalue weighted by molar-refractivity contribution is -0.120. The van der Waals surface area contributed by atoms with E-state index < -0.39 is 11.9 Å². The van der Waals surface area contributed by atoms with Crippen LogP contribution >= 0.6 is 15.9 Å². The highest BCUT2D eigenvalue weighted by Crippen LogP contribution is 2.29. The minimum atomic E-state index is -0.535. The monoisotopic (exact) mass is 509 g/mol. The van der Waals surface area contributed by atoms with E-state index in [1.54, 1.807) is 72.8 Å². The van der Waals surface area contributed by atoms with Gasteiger partial charge in [0.25, 0.3) is 11.8 Å². The number of ether oxygens (including phenoxy) is 2. The van der Waals surface area contributed by atoms with Gasteiger partial charge in [-0.3, -0.25) is 9.59 Å². The van der Waals surface area contributed by atoms with Crippen LogP contribution in [-0.4, -0.2) is 37.7 Å². The first-order valence-corrected chi connectivity index (χ1v) is 10.6. The van der Waals surface area contributed by atoms with Crippen LogP contribution in [0, 0.1) is 0 Å². The van der Waals surface area contributed by atoms with Gasteiger partial charge in [0.15, 0.2) is 11.5 Å². The second-order valence-corrected chi connectivity index (χ2v) is 7.48. The molecule has 0 unspecified atom stereocenters. The summed E-state index contributed by atoms with van der Waals surface area (Å²) in [7, 11) is 1.45. The molecule has 0 aromatic heterocycles. The number of methoxy groups -OCH3 is 1. The Kier molecular flexibility index (Phi) is 8.31. The fraction of sp³-hybridized carbons (Fsp3) is 0.0833. The van der Waals surface area contributed by atoms with Crippen molar-refractivity contribution >= 4 is 39.9 Å². The number of amides is 2. The van der Waals surface area contributed by atoms with Crippen molar-refractivity contribution in [2.45, 2.75) is 0 Å². The molecule has 3 rings (SSSR count). The number of carbonyl (C=O) groups excluding carboxylic acids is 3. The quantitative estimate of drug-likeness (QED) is 0.209. The zero-order chi connectivity index (χ0) is 23.6. The molecular weight excluding hydrogens is 490 g/mol. The first-order valence-electron chi connectivity index (χ1n) is 9.78. The van der Waals surface area contributed by atoms with Gasteiger partial charge in [-0.2, -0.15) is 5.10 Å². The maximum atomic E-state index is 12.4. The third-order valence-corrected chi connectivity index (χ3v) is 5.02. The van der Waals surface area contributed by atoms with E-state index in [0.717, 1.165) is 0 Å². The van der Waals surface area contributed by atoms with E-state index in [-0.39, 0.29) is 18.2 Å². The second-order valence-electron chi connectivity index (χ2n) is 6.62. The van der Waals surface area contributed by atoms with Gasteiger partial charge in [0.05, 0.1) is 25.4 Å². The first-order chi connectivity index (χ1) is 16.0. The van der Waals surface area contributed by atoms with Crippen molar-refractivity contribution in [3.8, 4) is 11.5 Å². The number of hydrogen-bond donors (Lipinski definition) is 2. The third-order valence-electron chi connectivity index (χ3n) is 4.33. The molecule has 0 heterocycles. The van der Waals surface area contributed by atoms with Gasteiger partial charge in [0.2, 0.25) is 0 Å². The minimum Gasteiger partial charge on any atom is -0.493 e. The molecule has 0 aliphatic rings. The van der Waals surface area contributed by atoms with Crippen LogP contribution in [0.1, 0.15) is 26.3 Å². The lowest BCUT2D eigenvalue weighted by Gasteiger charge is -2.10. The second kappa shape index (κ2) is 11.6. The summed E-state index contributed by atoms with van der Waals surface area (Å²) in [5.41, 5.74) is 3.77. The van der Waals surface area contributed by atoms with Gasteiger partial charge in [0.1, 0.15) is 0 Å². The van der Waals surface area contributed by atoms with Gasteiger partial charge < -0.3 is 14.8 Å². The Morgan fingerprint density at radius 3 is 2.42 bits per heavy atom. The van der Waals surface area contributed by atoms with Crippen molar-refractivity contribution in [2.24, 2.45) is 5.10 Å². The van der Waals surface area contributed by atoms with E-state index in [9.17, 15) is 14.4 Å². The van der Waals surface area contributed by atoms with E-state index in [1.165, 1.54) is 13.3 Å². The summed E-state index contributed by atoms with van der Waals surface area (Å²) in [5.74, 6) is -0.815. The van der Waals surface area contributed by atoms with Gasteiger partial charge in [-0.05, 0) is 64.0 Å². The molecule has 9 heteroatoms. The molecule has 2 amide bonds. The summed E-state index contributed by atoms with van der Waals surface area (Å²) in [6, 6.07) is 20.3. The summed E-state index contributed by atoms with van der Waals surface area (Å²) in [6.07, 6.45) is 1.40. The number of nitrogens with one attached hydrogen (secondary N) is 2. The Morgan fingerprint density at radius 2 is 1.70 bits per heavy atom. The number of carbonyl (C=O) groups is 3. The van der Waals surface area contributed by atoms with Gasteiger partial charge in [0, 0.05) is 10.0 Å². The van der Waals surface area contributed by atoms with Crippen molar-refractivity contribution < 1.29 is 23.9 Å². The Hall–Kier alpha value is -3.98. The lowest BCUT2D eigenvalue weighted by Crippen LogP contribution is -2.34. The van der Waals surface area contributed by atoms with Gasteiger partial charge in [-0.15, -0.1) is 0 Å². The molecule has 0 aliphatic carbocycles. The van der Waals surface area contributed by atoms with E-state index in [2.05, 4.69) is 31.8 Å². The number of benzene rings is 3. The smallest absolute Gasteiger partial charge is 0.344 e. The molecule has 33 heavy (non-hydrogen) atoms. The van der Waals surface area contributed by atoms with E-state index in [4.69, 9.17) is 9.47 Å². The van der Waals surface area contributed by atoms with Crippen LogP contribution in [-0.2, 0) is 4.79 Å². The number of hydrogen-bond acceptors (Lipinski definition) is 6. The fourth-order valence-electron chi connectivity index (χ4n) is 2.70. The van der Waals surface area contributed by atoms with Crippen molar-refractivity contribution in [3.63, 3.8) is 0 Å². The maximum absolute atomic E-state index is 12.4. The van der Waals surface area contributed by atoms with E-state index >= 15 is 0 Å². The number of hydrazone groups is 1. The van der Waals surface area contributed by atoms with Crippen molar-refractivity contribution in [3.05, 3.63) is 94.0 Å². The van der Waals surface area contributed by atoms with Crippen LogP contribution in [0.3, 0.4) is 0 Å². The van der Waals surface area contributed by atoms with Crippen molar-refractivity contribution in [1.82, 2.24) is 10.7 Å². The van der Waals surface area contributed by atoms with Gasteiger partial charge >= 0.3 is 5.97 Å². The highest BCUT2D eigenvalue weighted by molar-refractivity contribution is 9.10. The molecule has 8 nitrogen and oxygen atoms in total. The largest absolute Gasteiger partial charge is 0.493 e. The van der Waals surface area contributed by atoms with Crippen LogP contribution < -0.4 is 20.2 Å². The summed E-state index contributed by atoms with van der Waals surface area (Å²) in [4.78, 5) is 36.3. The Balaban J connectivity index is 1.55. The van der Waals surface area contributed by atoms with E-state index in [1.807, 2.05) is 0 Å². The Morgan fingerprint density at radius 1 is 0.970 bits per heavy atom. The maximum Gasteiger partial charge on any atom is 0.344 e. The normalized spacial score (nSPS) is 10.5. The highest BCUT2D eigenvalue weighted by Gasteiger charge is 2.15. The molecule has 3 aromatic carbocycles. The molecular formula is C24H20BrN3O5. The average Bonchev–Trinajstić information content (AvgIpc) is 2.84. The Labute approximate surface area is 198 Å². The molecule has 168 valence electrons. The predicted octanol–water partition coefficient (Wildman–Crippen LogP) is 3.56. The number of esters is 1. The highest BCUT2D eigenvalue weighted by atomic mass is 79.9. The van der Waals surface area contributed by atoms with Crippen molar-refractivity contribution in [1.29, 1.82) is 0 Å². The third kappa shape index (κ3) is 6.75. The lowest BCUT2D eigenvalue weighted by atomic mass is 10.2. The van der Waals surface area contributed by atoms with Crippen LogP contribution in [0.25, 0.3) is 0 Å². The van der Waals surface area contributed by atoms with Crippen LogP contribution in [0.15, 0.2) is 82.4 Å². The summed E-state index contributed by atoms with van der Waals surface area (Å²) in [6.45, 7) is -0.224. The standard InChI is InChI=1S/C24H20BrN3O5/c1-32-21-13-16(11-12-20(21)33-24(31)18-9-5-6-10-19(18)25)14-27-28-22(29)15-26-23(30)17-7-3-2-4-8-17/h2-14H,15H2,1H3,(H,26,30)(H,28,29). The zero-order valence-corrected chi connectivity index (χ0v) is 19.2. The summed E-state index contributed by atoms with van der Waals surface area (Å²) >= 11 is 3.32. The first kappa shape index (κ1) is 23.7. The van der Waals surface area contributed by atoms with Crippen LogP contribution in [0.5, 0.6) is 11.5 Å². The van der Waals surface area contributed by atoms with Crippen LogP contribution in [0.2, 0.25) is 0 Å². The minimum absolute atomic E-state index is 0.224. The van der Waals surface area contributed by atoms with Crippen molar-refractivity contribution in [2.75, 3.05) is 13.7 Å². The molecule has 3 aromatic rings. The number of halogens is 1. The molecule has 2 N–H and O–H groups in total. The van der Waals surface area contributed by atoms with Crippen LogP contribution in [0.4, 0.5) is 0 Å². The Bertz CT molecular complexity index is 1180. The SMILES string of the molecule is COc1cc(C=NNC(=O)CNC(=O)c2ccccc2)ccc1OC(=O)c1ccccc1Br. The average molecular weight is 510 g/mol. The molecule has 0 atom stereocenters. The zero-order valence-electron chi connectivity index (χ0n) is 17.6. The molecule has 0 fully saturated rings. The predicted molar refractivity (Wildman–Crippen MR) is 127 cm³/mol. The molecule has 0 bridgehead atoms. The molecule has 0 aliphatic heterocycles. The molecule has 0 saturated heterocycles. The topological polar surface area (TPSA) is 106 Å². The number of nitrogens with zero attached hydrogens (tertiary/aromatic N) is 1. The van der Waals surface area contributed by atoms with Gasteiger partial charge in [-0.25, -0.2) is 10.2 Å². The molecule has 0 radical (unpaired) electrons. The summed E-state index contributed by atoms with van der Waals surface area (Å²) in [5, 5.41) is 6.38.